The molecule has 1 aromatic carbocycles. The fourth-order valence-electron chi connectivity index (χ4n) is 3.00. The summed E-state index contributed by atoms with van der Waals surface area (Å²) in [5.74, 6) is -2.24. The number of para-hydroxylation sites is 1. The van der Waals surface area contributed by atoms with Crippen LogP contribution in [0.25, 0.3) is 0 Å². The molecular weight excluding hydrogens is 278 g/mol. The molecule has 0 saturated heterocycles. The maximum Gasteiger partial charge on any atom is 0.307 e. The van der Waals surface area contributed by atoms with Crippen molar-refractivity contribution in [3.63, 3.8) is 0 Å². The van der Waals surface area contributed by atoms with Gasteiger partial charge in [0.15, 0.2) is 0 Å². The van der Waals surface area contributed by atoms with E-state index in [1.54, 1.807) is 0 Å². The van der Waals surface area contributed by atoms with Gasteiger partial charge in [-0.25, -0.2) is 0 Å². The zero-order valence-electron chi connectivity index (χ0n) is 13.3. The van der Waals surface area contributed by atoms with Gasteiger partial charge in [0.25, 0.3) is 0 Å². The lowest BCUT2D eigenvalue weighted by Crippen LogP contribution is -2.36. The molecule has 2 atom stereocenters. The lowest BCUT2D eigenvalue weighted by Gasteiger charge is -2.29. The zero-order chi connectivity index (χ0) is 16.3. The van der Waals surface area contributed by atoms with Crippen LogP contribution in [0.5, 0.6) is 0 Å². The smallest absolute Gasteiger partial charge is 0.307 e. The van der Waals surface area contributed by atoms with Crippen molar-refractivity contribution in [2.45, 2.75) is 40.0 Å². The van der Waals surface area contributed by atoms with Crippen molar-refractivity contribution in [3.8, 4) is 0 Å². The minimum atomic E-state index is -0.893. The third-order valence-electron chi connectivity index (χ3n) is 4.58. The molecule has 0 fully saturated rings. The number of rotatable bonds is 4. The van der Waals surface area contributed by atoms with Gasteiger partial charge < -0.3 is 10.4 Å². The van der Waals surface area contributed by atoms with Crippen LogP contribution in [0.15, 0.2) is 35.4 Å². The summed E-state index contributed by atoms with van der Waals surface area (Å²) in [6, 6.07) is 7.65. The maximum absolute atomic E-state index is 12.6. The molecule has 1 amide bonds. The standard InChI is InChI=1S/C18H23NO3/c1-4-13-7-5-6-8-16(13)19-17(20)14-9-11(2)12(3)10-15(14)18(21)22/h5-8,14-15H,4,9-10H2,1-3H3,(H,19,20)(H,21,22)/t14-,15-/m0/s1. The average molecular weight is 301 g/mol. The Hall–Kier alpha value is -2.10. The maximum atomic E-state index is 12.6. The molecule has 0 radical (unpaired) electrons. The van der Waals surface area contributed by atoms with Gasteiger partial charge in [0.1, 0.15) is 0 Å². The second-order valence-electron chi connectivity index (χ2n) is 6.02. The summed E-state index contributed by atoms with van der Waals surface area (Å²) >= 11 is 0. The summed E-state index contributed by atoms with van der Waals surface area (Å²) in [5.41, 5.74) is 4.05. The third-order valence-corrected chi connectivity index (χ3v) is 4.58. The van der Waals surface area contributed by atoms with Crippen molar-refractivity contribution >= 4 is 17.6 Å². The molecule has 22 heavy (non-hydrogen) atoms. The molecule has 0 saturated carbocycles. The van der Waals surface area contributed by atoms with Crippen molar-refractivity contribution < 1.29 is 14.7 Å². The van der Waals surface area contributed by atoms with Crippen molar-refractivity contribution in [1.29, 1.82) is 0 Å². The van der Waals surface area contributed by atoms with Crippen LogP contribution in [-0.2, 0) is 16.0 Å². The second-order valence-corrected chi connectivity index (χ2v) is 6.02. The highest BCUT2D eigenvalue weighted by Gasteiger charge is 2.37. The summed E-state index contributed by atoms with van der Waals surface area (Å²) in [6.45, 7) is 5.96. The van der Waals surface area contributed by atoms with Crippen LogP contribution in [-0.4, -0.2) is 17.0 Å². The summed E-state index contributed by atoms with van der Waals surface area (Å²) in [5, 5.41) is 12.4. The van der Waals surface area contributed by atoms with Crippen molar-refractivity contribution in [3.05, 3.63) is 41.0 Å². The topological polar surface area (TPSA) is 66.4 Å². The summed E-state index contributed by atoms with van der Waals surface area (Å²) in [7, 11) is 0. The van der Waals surface area contributed by atoms with Gasteiger partial charge in [-0.05, 0) is 44.7 Å². The van der Waals surface area contributed by atoms with Crippen molar-refractivity contribution in [2.75, 3.05) is 5.32 Å². The van der Waals surface area contributed by atoms with Crippen molar-refractivity contribution in [2.24, 2.45) is 11.8 Å². The minimum absolute atomic E-state index is 0.194. The molecule has 0 unspecified atom stereocenters. The molecule has 118 valence electrons. The molecule has 4 heteroatoms. The van der Waals surface area contributed by atoms with Crippen LogP contribution in [0.1, 0.15) is 39.2 Å². The summed E-state index contributed by atoms with van der Waals surface area (Å²) < 4.78 is 0. The largest absolute Gasteiger partial charge is 0.481 e. The highest BCUT2D eigenvalue weighted by atomic mass is 16.4. The van der Waals surface area contributed by atoms with Crippen LogP contribution in [0.2, 0.25) is 0 Å². The Bertz CT molecular complexity index is 619. The monoisotopic (exact) mass is 301 g/mol. The van der Waals surface area contributed by atoms with Crippen LogP contribution in [0.4, 0.5) is 5.69 Å². The van der Waals surface area contributed by atoms with Gasteiger partial charge in [-0.1, -0.05) is 36.3 Å². The van der Waals surface area contributed by atoms with Gasteiger partial charge in [0.2, 0.25) is 5.91 Å². The van der Waals surface area contributed by atoms with Crippen molar-refractivity contribution in [1.82, 2.24) is 0 Å². The number of hydrogen-bond donors (Lipinski definition) is 2. The number of anilines is 1. The Labute approximate surface area is 131 Å². The lowest BCUT2D eigenvalue weighted by molar-refractivity contribution is -0.146. The first-order chi connectivity index (χ1) is 10.4. The molecule has 2 N–H and O–H groups in total. The Balaban J connectivity index is 2.22. The number of aliphatic carboxylic acids is 1. The van der Waals surface area contributed by atoms with Crippen LogP contribution in [0.3, 0.4) is 0 Å². The van der Waals surface area contributed by atoms with E-state index in [-0.39, 0.29) is 5.91 Å². The molecule has 1 aliphatic rings. The van der Waals surface area contributed by atoms with E-state index in [1.807, 2.05) is 45.0 Å². The molecule has 0 aliphatic heterocycles. The van der Waals surface area contributed by atoms with E-state index in [1.165, 1.54) is 0 Å². The number of carbonyl (C=O) groups is 2. The van der Waals surface area contributed by atoms with Gasteiger partial charge in [-0.15, -0.1) is 0 Å². The van der Waals surface area contributed by atoms with E-state index in [4.69, 9.17) is 0 Å². The molecule has 0 heterocycles. The lowest BCUT2D eigenvalue weighted by atomic mass is 9.76. The molecular formula is C18H23NO3. The first kappa shape index (κ1) is 16.3. The Morgan fingerprint density at radius 3 is 2.32 bits per heavy atom. The van der Waals surface area contributed by atoms with Gasteiger partial charge >= 0.3 is 5.97 Å². The number of carboxylic acids is 1. The predicted molar refractivity (Wildman–Crippen MR) is 86.7 cm³/mol. The van der Waals surface area contributed by atoms with E-state index >= 15 is 0 Å². The van der Waals surface area contributed by atoms with E-state index < -0.39 is 17.8 Å². The number of aryl methyl sites for hydroxylation is 1. The number of nitrogens with one attached hydrogen (secondary N) is 1. The van der Waals surface area contributed by atoms with E-state index in [2.05, 4.69) is 5.32 Å². The molecule has 1 aliphatic carbocycles. The number of benzene rings is 1. The van der Waals surface area contributed by atoms with Crippen LogP contribution in [0, 0.1) is 11.8 Å². The van der Waals surface area contributed by atoms with Gasteiger partial charge in [0, 0.05) is 5.69 Å². The van der Waals surface area contributed by atoms with Gasteiger partial charge in [0.05, 0.1) is 11.8 Å². The van der Waals surface area contributed by atoms with Gasteiger partial charge in [-0.3, -0.25) is 9.59 Å². The third kappa shape index (κ3) is 3.38. The Morgan fingerprint density at radius 2 is 1.73 bits per heavy atom. The number of hydrogen-bond acceptors (Lipinski definition) is 2. The zero-order valence-corrected chi connectivity index (χ0v) is 13.3. The van der Waals surface area contributed by atoms with E-state index in [9.17, 15) is 14.7 Å². The summed E-state index contributed by atoms with van der Waals surface area (Å²) in [6.07, 6.45) is 1.79. The predicted octanol–water partition coefficient (Wildman–Crippen LogP) is 3.63. The number of allylic oxidation sites excluding steroid dienone is 2. The first-order valence-electron chi connectivity index (χ1n) is 7.70. The molecule has 1 aromatic rings. The van der Waals surface area contributed by atoms with E-state index in [0.717, 1.165) is 28.8 Å². The molecule has 0 bridgehead atoms. The highest BCUT2D eigenvalue weighted by Crippen LogP contribution is 2.35. The van der Waals surface area contributed by atoms with Gasteiger partial charge in [-0.2, -0.15) is 0 Å². The number of amides is 1. The quantitative estimate of drug-likeness (QED) is 0.834. The minimum Gasteiger partial charge on any atom is -0.481 e. The van der Waals surface area contributed by atoms with Crippen LogP contribution >= 0.6 is 0 Å². The highest BCUT2D eigenvalue weighted by molar-refractivity contribution is 5.96. The SMILES string of the molecule is CCc1ccccc1NC(=O)[C@H]1CC(C)=C(C)C[C@@H]1C(=O)O. The number of carboxylic acid groups (broad SMARTS) is 1. The Morgan fingerprint density at radius 1 is 1.14 bits per heavy atom. The fraction of sp³-hybridized carbons (Fsp3) is 0.444. The fourth-order valence-corrected chi connectivity index (χ4v) is 3.00. The molecule has 0 aromatic heterocycles. The molecule has 2 rings (SSSR count). The first-order valence-corrected chi connectivity index (χ1v) is 7.70. The second kappa shape index (κ2) is 6.77. The van der Waals surface area contributed by atoms with Crippen LogP contribution < -0.4 is 5.32 Å². The average Bonchev–Trinajstić information content (AvgIpc) is 2.49. The molecule has 4 nitrogen and oxygen atoms in total. The number of carbonyl (C=O) groups excluding carboxylic acids is 1. The Kier molecular flexibility index (Phi) is 5.01. The normalized spacial score (nSPS) is 21.6. The summed E-state index contributed by atoms with van der Waals surface area (Å²) in [4.78, 5) is 24.1. The van der Waals surface area contributed by atoms with E-state index in [0.29, 0.717) is 12.8 Å². The molecule has 0 spiro atoms.